The zero-order valence-corrected chi connectivity index (χ0v) is 13.7. The molecule has 2 aromatic rings. The molecule has 6 heteroatoms. The number of rotatable bonds is 6. The van der Waals surface area contributed by atoms with Crippen LogP contribution in [0.1, 0.15) is 17.4 Å². The van der Waals surface area contributed by atoms with Crippen LogP contribution >= 0.6 is 11.3 Å². The molecule has 4 nitrogen and oxygen atoms in total. The second-order valence-electron chi connectivity index (χ2n) is 5.22. The average Bonchev–Trinajstić information content (AvgIpc) is 2.97. The van der Waals surface area contributed by atoms with Crippen molar-refractivity contribution in [2.24, 2.45) is 0 Å². The Kier molecular flexibility index (Phi) is 4.83. The molecule has 21 heavy (non-hydrogen) atoms. The van der Waals surface area contributed by atoms with E-state index in [0.717, 1.165) is 5.56 Å². The van der Waals surface area contributed by atoms with Gasteiger partial charge in [-0.05, 0) is 36.1 Å². The van der Waals surface area contributed by atoms with Crippen LogP contribution in [0.25, 0.3) is 0 Å². The highest BCUT2D eigenvalue weighted by atomic mass is 32.2. The fourth-order valence-corrected chi connectivity index (χ4v) is 3.29. The maximum Gasteiger partial charge on any atom is 0.175 e. The molecule has 0 aliphatic rings. The number of hydrogen-bond acceptors (Lipinski definition) is 5. The lowest BCUT2D eigenvalue weighted by atomic mass is 9.93. The van der Waals surface area contributed by atoms with E-state index in [1.165, 1.54) is 11.1 Å². The lowest BCUT2D eigenvalue weighted by Gasteiger charge is -2.29. The van der Waals surface area contributed by atoms with Crippen molar-refractivity contribution >= 4 is 21.2 Å². The molecule has 2 rings (SSSR count). The lowest BCUT2D eigenvalue weighted by molar-refractivity contribution is 0.174. The summed E-state index contributed by atoms with van der Waals surface area (Å²) in [6.45, 7) is 2.48. The van der Waals surface area contributed by atoms with E-state index in [1.54, 1.807) is 35.6 Å². The van der Waals surface area contributed by atoms with Gasteiger partial charge in [0.2, 0.25) is 0 Å². The van der Waals surface area contributed by atoms with E-state index in [4.69, 9.17) is 0 Å². The standard InChI is InChI=1S/C15H19NO3S2/c1-15(11-17,16-10-13-4-3-9-20-13)12-5-7-14(8-6-12)21(2,18)19/h3-9,16-17H,10-11H2,1-2H3. The lowest BCUT2D eigenvalue weighted by Crippen LogP contribution is -2.42. The molecule has 0 saturated heterocycles. The highest BCUT2D eigenvalue weighted by Crippen LogP contribution is 2.23. The van der Waals surface area contributed by atoms with E-state index in [1.807, 2.05) is 24.4 Å². The average molecular weight is 325 g/mol. The molecule has 0 fully saturated rings. The van der Waals surface area contributed by atoms with Gasteiger partial charge in [0.15, 0.2) is 9.84 Å². The normalized spacial score (nSPS) is 14.8. The summed E-state index contributed by atoms with van der Waals surface area (Å²) >= 11 is 1.65. The molecule has 1 aromatic heterocycles. The number of aliphatic hydroxyl groups excluding tert-OH is 1. The predicted octanol–water partition coefficient (Wildman–Crippen LogP) is 2.15. The molecule has 114 valence electrons. The van der Waals surface area contributed by atoms with E-state index in [0.29, 0.717) is 6.54 Å². The third-order valence-corrected chi connectivity index (χ3v) is 5.47. The molecule has 1 heterocycles. The monoisotopic (exact) mass is 325 g/mol. The number of aliphatic hydroxyl groups is 1. The van der Waals surface area contributed by atoms with Crippen molar-refractivity contribution in [2.45, 2.75) is 23.9 Å². The molecule has 0 aliphatic heterocycles. The van der Waals surface area contributed by atoms with Crippen LogP contribution in [0, 0.1) is 0 Å². The highest BCUT2D eigenvalue weighted by molar-refractivity contribution is 7.90. The highest BCUT2D eigenvalue weighted by Gasteiger charge is 2.25. The van der Waals surface area contributed by atoms with Crippen molar-refractivity contribution in [2.75, 3.05) is 12.9 Å². The van der Waals surface area contributed by atoms with Crippen molar-refractivity contribution in [3.05, 3.63) is 52.2 Å². The Morgan fingerprint density at radius 1 is 1.24 bits per heavy atom. The molecule has 0 radical (unpaired) electrons. The smallest absolute Gasteiger partial charge is 0.175 e. The molecule has 1 atom stereocenters. The summed E-state index contributed by atoms with van der Waals surface area (Å²) in [4.78, 5) is 1.47. The van der Waals surface area contributed by atoms with Gasteiger partial charge in [-0.2, -0.15) is 0 Å². The minimum absolute atomic E-state index is 0.0728. The zero-order chi connectivity index (χ0) is 15.5. The maximum atomic E-state index is 11.5. The molecule has 0 saturated carbocycles. The first-order valence-electron chi connectivity index (χ1n) is 6.54. The second-order valence-corrected chi connectivity index (χ2v) is 8.27. The van der Waals surface area contributed by atoms with Gasteiger partial charge in [0.25, 0.3) is 0 Å². The Balaban J connectivity index is 2.19. The Morgan fingerprint density at radius 2 is 1.90 bits per heavy atom. The van der Waals surface area contributed by atoms with Crippen molar-refractivity contribution in [1.29, 1.82) is 0 Å². The van der Waals surface area contributed by atoms with E-state index in [2.05, 4.69) is 5.32 Å². The number of benzene rings is 1. The van der Waals surface area contributed by atoms with E-state index < -0.39 is 15.4 Å². The summed E-state index contributed by atoms with van der Waals surface area (Å²) in [7, 11) is -3.20. The topological polar surface area (TPSA) is 66.4 Å². The van der Waals surface area contributed by atoms with Gasteiger partial charge in [0.05, 0.1) is 17.0 Å². The summed E-state index contributed by atoms with van der Waals surface area (Å²) in [6.07, 6.45) is 1.18. The predicted molar refractivity (Wildman–Crippen MR) is 85.1 cm³/mol. The molecule has 2 N–H and O–H groups in total. The molecule has 1 aromatic carbocycles. The first-order valence-corrected chi connectivity index (χ1v) is 9.31. The van der Waals surface area contributed by atoms with Gasteiger partial charge in [-0.3, -0.25) is 0 Å². The molecule has 1 unspecified atom stereocenters. The number of thiophene rings is 1. The van der Waals surface area contributed by atoms with E-state index >= 15 is 0 Å². The first-order chi connectivity index (χ1) is 9.85. The minimum Gasteiger partial charge on any atom is -0.394 e. The van der Waals surface area contributed by atoms with Gasteiger partial charge in [0.1, 0.15) is 0 Å². The van der Waals surface area contributed by atoms with Gasteiger partial charge in [0, 0.05) is 17.7 Å². The van der Waals surface area contributed by atoms with Crippen LogP contribution in [0.3, 0.4) is 0 Å². The van der Waals surface area contributed by atoms with E-state index in [-0.39, 0.29) is 11.5 Å². The van der Waals surface area contributed by atoms with Crippen molar-refractivity contribution in [3.8, 4) is 0 Å². The number of nitrogens with one attached hydrogen (secondary N) is 1. The molecule has 0 spiro atoms. The summed E-state index contributed by atoms with van der Waals surface area (Å²) in [5.41, 5.74) is 0.244. The van der Waals surface area contributed by atoms with Crippen LogP contribution in [0.2, 0.25) is 0 Å². The van der Waals surface area contributed by atoms with Crippen LogP contribution < -0.4 is 5.32 Å². The Labute approximate surface area is 129 Å². The fourth-order valence-electron chi connectivity index (χ4n) is 2.01. The van der Waals surface area contributed by atoms with Gasteiger partial charge in [-0.25, -0.2) is 8.42 Å². The van der Waals surface area contributed by atoms with Gasteiger partial charge in [-0.1, -0.05) is 18.2 Å². The van der Waals surface area contributed by atoms with Crippen molar-refractivity contribution < 1.29 is 13.5 Å². The second kappa shape index (κ2) is 6.27. The largest absolute Gasteiger partial charge is 0.394 e. The van der Waals surface area contributed by atoms with Gasteiger partial charge < -0.3 is 10.4 Å². The fraction of sp³-hybridized carbons (Fsp3) is 0.333. The van der Waals surface area contributed by atoms with Crippen LogP contribution in [-0.4, -0.2) is 26.4 Å². The van der Waals surface area contributed by atoms with E-state index in [9.17, 15) is 13.5 Å². The Hall–Kier alpha value is -1.21. The molecule has 0 amide bonds. The molecule has 0 bridgehead atoms. The summed E-state index contributed by atoms with van der Waals surface area (Å²) in [5, 5.41) is 15.1. The summed E-state index contributed by atoms with van der Waals surface area (Å²) in [6, 6.07) is 10.7. The van der Waals surface area contributed by atoms with Gasteiger partial charge in [-0.15, -0.1) is 11.3 Å². The Morgan fingerprint density at radius 3 is 2.38 bits per heavy atom. The summed E-state index contributed by atoms with van der Waals surface area (Å²) in [5.74, 6) is 0. The van der Waals surface area contributed by atoms with Crippen molar-refractivity contribution in [3.63, 3.8) is 0 Å². The van der Waals surface area contributed by atoms with Crippen molar-refractivity contribution in [1.82, 2.24) is 5.32 Å². The van der Waals surface area contributed by atoms with Gasteiger partial charge >= 0.3 is 0 Å². The zero-order valence-electron chi connectivity index (χ0n) is 12.0. The quantitative estimate of drug-likeness (QED) is 0.854. The van der Waals surface area contributed by atoms with Crippen LogP contribution in [-0.2, 0) is 21.9 Å². The SMILES string of the molecule is CC(CO)(NCc1cccs1)c1ccc(S(C)(=O)=O)cc1. The van der Waals surface area contributed by atoms with Crippen LogP contribution in [0.15, 0.2) is 46.7 Å². The maximum absolute atomic E-state index is 11.5. The van der Waals surface area contributed by atoms with Crippen LogP contribution in [0.5, 0.6) is 0 Å². The third-order valence-electron chi connectivity index (χ3n) is 3.47. The van der Waals surface area contributed by atoms with Crippen LogP contribution in [0.4, 0.5) is 0 Å². The molecule has 0 aliphatic carbocycles. The Bertz CT molecular complexity index is 678. The molecular formula is C15H19NO3S2. The number of hydrogen-bond donors (Lipinski definition) is 2. The number of sulfone groups is 1. The minimum atomic E-state index is -3.20. The first kappa shape index (κ1) is 16.2. The third kappa shape index (κ3) is 3.91. The molecular weight excluding hydrogens is 306 g/mol. The summed E-state index contributed by atoms with van der Waals surface area (Å²) < 4.78 is 23.0.